The van der Waals surface area contributed by atoms with E-state index in [0.717, 1.165) is 37.9 Å². The Morgan fingerprint density at radius 3 is 2.48 bits per heavy atom. The fourth-order valence-corrected chi connectivity index (χ4v) is 6.61. The van der Waals surface area contributed by atoms with E-state index in [9.17, 15) is 14.7 Å². The minimum absolute atomic E-state index is 0.00671. The molecule has 2 amide bonds. The van der Waals surface area contributed by atoms with Crippen LogP contribution in [0.4, 0.5) is 4.79 Å². The smallest absolute Gasteiger partial charge is 0.325 e. The third-order valence-corrected chi connectivity index (χ3v) is 9.00. The van der Waals surface area contributed by atoms with Crippen molar-refractivity contribution in [3.63, 3.8) is 0 Å². The van der Waals surface area contributed by atoms with Crippen LogP contribution in [0.1, 0.15) is 48.0 Å². The molecule has 3 atom stereocenters. The van der Waals surface area contributed by atoms with Gasteiger partial charge < -0.3 is 30.0 Å². The Morgan fingerprint density at radius 2 is 1.74 bits per heavy atom. The van der Waals surface area contributed by atoms with E-state index in [4.69, 9.17) is 19.2 Å². The number of hydrogen-bond donors (Lipinski definition) is 3. The summed E-state index contributed by atoms with van der Waals surface area (Å²) in [5.41, 5.74) is 4.65. The van der Waals surface area contributed by atoms with Crippen molar-refractivity contribution in [3.8, 4) is 0 Å². The van der Waals surface area contributed by atoms with E-state index in [2.05, 4.69) is 16.7 Å². The number of thiazole rings is 1. The van der Waals surface area contributed by atoms with Gasteiger partial charge >= 0.3 is 12.0 Å². The average molecular weight is 608 g/mol. The number of amides is 2. The van der Waals surface area contributed by atoms with Crippen molar-refractivity contribution in [2.24, 2.45) is 0 Å². The van der Waals surface area contributed by atoms with Crippen LogP contribution in [0.15, 0.2) is 77.1 Å². The number of ether oxygens (including phenoxy) is 3. The first kappa shape index (κ1) is 30.0. The van der Waals surface area contributed by atoms with Crippen molar-refractivity contribution in [2.75, 3.05) is 18.9 Å². The Labute approximate surface area is 252 Å². The van der Waals surface area contributed by atoms with Gasteiger partial charge in [0.1, 0.15) is 6.54 Å². The lowest BCUT2D eigenvalue weighted by Crippen LogP contribution is -2.38. The molecule has 5 rings (SSSR count). The van der Waals surface area contributed by atoms with Crippen LogP contribution in [0.2, 0.25) is 0 Å². The van der Waals surface area contributed by atoms with Gasteiger partial charge in [-0.25, -0.2) is 9.78 Å². The molecular formula is C31H33N3O6S2. The Morgan fingerprint density at radius 1 is 1.00 bits per heavy atom. The van der Waals surface area contributed by atoms with Crippen LogP contribution in [0.3, 0.4) is 0 Å². The second-order valence-corrected chi connectivity index (χ2v) is 12.0. The van der Waals surface area contributed by atoms with Gasteiger partial charge in [0, 0.05) is 24.3 Å². The number of esters is 1. The number of aliphatic hydroxyl groups is 1. The van der Waals surface area contributed by atoms with Crippen LogP contribution in [0.25, 0.3) is 10.2 Å². The van der Waals surface area contributed by atoms with E-state index >= 15 is 0 Å². The molecular weight excluding hydrogens is 574 g/mol. The molecule has 3 N–H and O–H groups in total. The van der Waals surface area contributed by atoms with Gasteiger partial charge in [0.15, 0.2) is 10.6 Å². The van der Waals surface area contributed by atoms with E-state index in [0.29, 0.717) is 13.0 Å². The summed E-state index contributed by atoms with van der Waals surface area (Å²) < 4.78 is 19.9. The number of benzene rings is 3. The van der Waals surface area contributed by atoms with E-state index in [1.165, 1.54) is 4.70 Å². The zero-order chi connectivity index (χ0) is 29.3. The number of carbonyl (C=O) groups excluding carboxylic acids is 2. The van der Waals surface area contributed by atoms with Crippen LogP contribution in [-0.4, -0.2) is 47.1 Å². The van der Waals surface area contributed by atoms with Crippen LogP contribution < -0.4 is 10.6 Å². The number of aromatic nitrogens is 1. The first-order chi connectivity index (χ1) is 20.5. The highest BCUT2D eigenvalue weighted by Crippen LogP contribution is 2.40. The number of carbonyl (C=O) groups is 2. The van der Waals surface area contributed by atoms with Gasteiger partial charge in [0.05, 0.1) is 35.6 Å². The summed E-state index contributed by atoms with van der Waals surface area (Å²) in [6.45, 7) is 2.08. The molecule has 3 aromatic carbocycles. The molecule has 1 saturated heterocycles. The molecule has 42 heavy (non-hydrogen) atoms. The van der Waals surface area contributed by atoms with Crippen LogP contribution in [-0.2, 0) is 32.2 Å². The Balaban J connectivity index is 1.23. The maximum absolute atomic E-state index is 12.0. The minimum Gasteiger partial charge on any atom is -0.465 e. The largest absolute Gasteiger partial charge is 0.465 e. The highest BCUT2D eigenvalue weighted by Gasteiger charge is 2.32. The lowest BCUT2D eigenvalue weighted by molar-refractivity contribution is -0.245. The first-order valence-electron chi connectivity index (χ1n) is 13.8. The van der Waals surface area contributed by atoms with Gasteiger partial charge in [-0.2, -0.15) is 0 Å². The number of nitrogens with zero attached hydrogens (tertiary/aromatic N) is 1. The molecule has 0 spiro atoms. The van der Waals surface area contributed by atoms with Gasteiger partial charge in [0.2, 0.25) is 0 Å². The summed E-state index contributed by atoms with van der Waals surface area (Å²) >= 11 is 3.37. The third kappa shape index (κ3) is 8.08. The van der Waals surface area contributed by atoms with Gasteiger partial charge in [0.25, 0.3) is 0 Å². The minimum atomic E-state index is -0.572. The number of rotatable bonds is 11. The molecule has 9 nitrogen and oxygen atoms in total. The molecule has 2 heterocycles. The van der Waals surface area contributed by atoms with Crippen LogP contribution in [0, 0.1) is 0 Å². The molecule has 11 heteroatoms. The van der Waals surface area contributed by atoms with Crippen molar-refractivity contribution in [1.29, 1.82) is 0 Å². The summed E-state index contributed by atoms with van der Waals surface area (Å²) in [4.78, 5) is 28.2. The number of urea groups is 1. The van der Waals surface area contributed by atoms with E-state index in [1.54, 1.807) is 30.0 Å². The predicted octanol–water partition coefficient (Wildman–Crippen LogP) is 5.49. The fraction of sp³-hybridized carbons (Fsp3) is 0.323. The highest BCUT2D eigenvalue weighted by atomic mass is 32.2. The standard InChI is InChI=1S/C31H33N3O6S2/c1-2-38-28(36)17-33-30(37)32-16-20-7-13-23(14-8-20)29-39-24(15-26(40-29)22-11-9-21(18-35)10-12-22)19-41-31-34-25-5-3-4-6-27(25)42-31/h3-14,24,26,29,35H,2,15-19H2,1H3,(H2,32,33,37)/t24-,26+,29+/m0/s1. The van der Waals surface area contributed by atoms with Crippen LogP contribution >= 0.6 is 23.1 Å². The molecule has 220 valence electrons. The van der Waals surface area contributed by atoms with E-state index in [1.807, 2.05) is 66.7 Å². The van der Waals surface area contributed by atoms with Gasteiger partial charge in [-0.15, -0.1) is 11.3 Å². The zero-order valence-electron chi connectivity index (χ0n) is 23.2. The predicted molar refractivity (Wildman–Crippen MR) is 162 cm³/mol. The Bertz CT molecular complexity index is 1450. The molecule has 0 aliphatic carbocycles. The number of thioether (sulfide) groups is 1. The monoisotopic (exact) mass is 607 g/mol. The molecule has 4 aromatic rings. The summed E-state index contributed by atoms with van der Waals surface area (Å²) in [5, 5.41) is 14.7. The van der Waals surface area contributed by atoms with Crippen molar-refractivity contribution in [1.82, 2.24) is 15.6 Å². The van der Waals surface area contributed by atoms with Gasteiger partial charge in [-0.1, -0.05) is 72.4 Å². The number of para-hydroxylation sites is 1. The number of hydrogen-bond acceptors (Lipinski definition) is 9. The van der Waals surface area contributed by atoms with E-state index < -0.39 is 18.3 Å². The summed E-state index contributed by atoms with van der Waals surface area (Å²) in [5.74, 6) is 0.247. The molecule has 1 fully saturated rings. The zero-order valence-corrected chi connectivity index (χ0v) is 24.8. The van der Waals surface area contributed by atoms with Crippen molar-refractivity contribution in [2.45, 2.75) is 49.3 Å². The lowest BCUT2D eigenvalue weighted by Gasteiger charge is -2.36. The SMILES string of the molecule is CCOC(=O)CNC(=O)NCc1ccc([C@@H]2O[C@H](CSc3nc4ccccc4s3)C[C@H](c3ccc(CO)cc3)O2)cc1. The van der Waals surface area contributed by atoms with Crippen LogP contribution in [0.5, 0.6) is 0 Å². The average Bonchev–Trinajstić information content (AvgIpc) is 3.45. The lowest BCUT2D eigenvalue weighted by atomic mass is 10.0. The second kappa shape index (κ2) is 14.6. The summed E-state index contributed by atoms with van der Waals surface area (Å²) in [6, 6.07) is 23.2. The molecule has 0 bridgehead atoms. The first-order valence-corrected chi connectivity index (χ1v) is 15.6. The molecule has 1 aromatic heterocycles. The molecule has 0 saturated carbocycles. The molecule has 1 aliphatic rings. The number of aliphatic hydroxyl groups excluding tert-OH is 1. The summed E-state index contributed by atoms with van der Waals surface area (Å²) in [6.07, 6.45) is -0.137. The van der Waals surface area contributed by atoms with Crippen molar-refractivity contribution in [3.05, 3.63) is 95.1 Å². The summed E-state index contributed by atoms with van der Waals surface area (Å²) in [7, 11) is 0. The second-order valence-electron chi connectivity index (χ2n) is 9.69. The highest BCUT2D eigenvalue weighted by molar-refractivity contribution is 8.01. The molecule has 0 radical (unpaired) electrons. The molecule has 0 unspecified atom stereocenters. The number of fused-ring (bicyclic) bond motifs is 1. The van der Waals surface area contributed by atoms with Crippen molar-refractivity contribution >= 4 is 45.3 Å². The maximum Gasteiger partial charge on any atom is 0.325 e. The van der Waals surface area contributed by atoms with Gasteiger partial charge in [-0.05, 0) is 35.7 Å². The van der Waals surface area contributed by atoms with E-state index in [-0.39, 0.29) is 32.0 Å². The number of nitrogens with one attached hydrogen (secondary N) is 2. The van der Waals surface area contributed by atoms with Gasteiger partial charge in [-0.3, -0.25) is 4.79 Å². The Hall–Kier alpha value is -3.48. The normalized spacial score (nSPS) is 18.5. The quantitative estimate of drug-likeness (QED) is 0.151. The fourth-order valence-electron chi connectivity index (χ4n) is 4.50. The third-order valence-electron chi connectivity index (χ3n) is 6.69. The van der Waals surface area contributed by atoms with Crippen molar-refractivity contribution < 1.29 is 28.9 Å². The Kier molecular flexibility index (Phi) is 10.4. The topological polar surface area (TPSA) is 119 Å². The molecule has 1 aliphatic heterocycles. The maximum atomic E-state index is 12.0.